The predicted molar refractivity (Wildman–Crippen MR) is 121 cm³/mol. The average molecular weight is 420 g/mol. The molecule has 1 aliphatic rings. The minimum absolute atomic E-state index is 0.187. The van der Waals surface area contributed by atoms with Crippen LogP contribution in [0.3, 0.4) is 0 Å². The summed E-state index contributed by atoms with van der Waals surface area (Å²) in [4.78, 5) is 19.5. The van der Waals surface area contributed by atoms with Gasteiger partial charge in [0.1, 0.15) is 17.0 Å². The van der Waals surface area contributed by atoms with Gasteiger partial charge in [-0.1, -0.05) is 19.4 Å². The van der Waals surface area contributed by atoms with E-state index in [0.29, 0.717) is 13.2 Å². The van der Waals surface area contributed by atoms with E-state index in [-0.39, 0.29) is 5.60 Å². The topological polar surface area (TPSA) is 72.8 Å². The van der Waals surface area contributed by atoms with E-state index in [0.717, 1.165) is 45.7 Å². The number of anilines is 1. The highest BCUT2D eigenvalue weighted by molar-refractivity contribution is 7.26. The third-order valence-electron chi connectivity index (χ3n) is 5.58. The highest BCUT2D eigenvalue weighted by atomic mass is 32.1. The maximum absolute atomic E-state index is 6.14. The number of nitrogens with zero attached hydrogens (tertiary/aromatic N) is 4. The fraction of sp³-hybridized carbons (Fsp3) is 0.391. The van der Waals surface area contributed by atoms with Crippen molar-refractivity contribution in [1.29, 1.82) is 0 Å². The first-order valence-corrected chi connectivity index (χ1v) is 11.2. The van der Waals surface area contributed by atoms with Gasteiger partial charge in [-0.25, -0.2) is 15.0 Å². The minimum Gasteiger partial charge on any atom is -0.370 e. The SMILES string of the molecule is CCCc1nc2sc3c(NCc4cccnc4)ncnc3c2c2c1COC(C)(C)C2. The van der Waals surface area contributed by atoms with Gasteiger partial charge < -0.3 is 10.1 Å². The standard InChI is InChI=1S/C23H25N5OS/c1-4-6-17-16-12-29-23(2,3)9-15(16)18-19-20(30-22(18)28-17)21(27-13-26-19)25-11-14-7-5-8-24-10-14/h5,7-8,10,13H,4,6,9,11-12H2,1-3H3,(H,25,26,27). The zero-order valence-electron chi connectivity index (χ0n) is 17.5. The van der Waals surface area contributed by atoms with Gasteiger partial charge in [-0.3, -0.25) is 4.98 Å². The summed E-state index contributed by atoms with van der Waals surface area (Å²) in [5.74, 6) is 0.851. The monoisotopic (exact) mass is 419 g/mol. The van der Waals surface area contributed by atoms with Crippen molar-refractivity contribution in [3.05, 3.63) is 53.2 Å². The van der Waals surface area contributed by atoms with E-state index in [2.05, 4.69) is 47.1 Å². The third-order valence-corrected chi connectivity index (χ3v) is 6.66. The highest BCUT2D eigenvalue weighted by Crippen LogP contribution is 2.42. The number of rotatable bonds is 5. The summed E-state index contributed by atoms with van der Waals surface area (Å²) in [6.07, 6.45) is 8.20. The van der Waals surface area contributed by atoms with Crippen molar-refractivity contribution < 1.29 is 4.74 Å². The number of thiophene rings is 1. The second kappa shape index (κ2) is 7.56. The van der Waals surface area contributed by atoms with Gasteiger partial charge in [0.15, 0.2) is 0 Å². The van der Waals surface area contributed by atoms with Crippen LogP contribution in [-0.4, -0.2) is 25.5 Å². The Hall–Kier alpha value is -2.64. The van der Waals surface area contributed by atoms with Crippen molar-refractivity contribution in [3.8, 4) is 0 Å². The summed E-state index contributed by atoms with van der Waals surface area (Å²) in [5, 5.41) is 4.64. The number of aryl methyl sites for hydroxylation is 1. The summed E-state index contributed by atoms with van der Waals surface area (Å²) < 4.78 is 7.20. The Morgan fingerprint density at radius 2 is 2.13 bits per heavy atom. The van der Waals surface area contributed by atoms with E-state index in [4.69, 9.17) is 9.72 Å². The molecule has 0 unspecified atom stereocenters. The molecular formula is C23H25N5OS. The second-order valence-corrected chi connectivity index (χ2v) is 9.39. The molecule has 1 N–H and O–H groups in total. The van der Waals surface area contributed by atoms with E-state index in [1.165, 1.54) is 22.2 Å². The molecule has 1 aliphatic heterocycles. The molecule has 0 aliphatic carbocycles. The Labute approximate surface area is 179 Å². The van der Waals surface area contributed by atoms with Gasteiger partial charge in [-0.2, -0.15) is 0 Å². The lowest BCUT2D eigenvalue weighted by atomic mass is 9.88. The third kappa shape index (κ3) is 3.42. The molecule has 7 heteroatoms. The number of hydrogen-bond acceptors (Lipinski definition) is 7. The number of pyridine rings is 2. The summed E-state index contributed by atoms with van der Waals surface area (Å²) in [5.41, 5.74) is 5.69. The molecule has 4 aromatic heterocycles. The summed E-state index contributed by atoms with van der Waals surface area (Å²) in [6, 6.07) is 4.00. The molecule has 4 aromatic rings. The van der Waals surface area contributed by atoms with Crippen LogP contribution < -0.4 is 5.32 Å². The molecule has 5 heterocycles. The molecule has 0 atom stereocenters. The number of ether oxygens (including phenoxy) is 1. The molecule has 0 aromatic carbocycles. The Morgan fingerprint density at radius 3 is 2.93 bits per heavy atom. The average Bonchev–Trinajstić information content (AvgIpc) is 3.11. The maximum atomic E-state index is 6.14. The second-order valence-electron chi connectivity index (χ2n) is 8.39. The molecule has 0 bridgehead atoms. The Kier molecular flexibility index (Phi) is 4.87. The molecule has 5 rings (SSSR count). The molecule has 30 heavy (non-hydrogen) atoms. The molecule has 6 nitrogen and oxygen atoms in total. The zero-order chi connectivity index (χ0) is 20.7. The first kappa shape index (κ1) is 19.3. The Bertz CT molecular complexity index is 1220. The van der Waals surface area contributed by atoms with Crippen molar-refractivity contribution in [1.82, 2.24) is 19.9 Å². The van der Waals surface area contributed by atoms with Crippen LogP contribution in [0.25, 0.3) is 20.4 Å². The van der Waals surface area contributed by atoms with Crippen molar-refractivity contribution in [3.63, 3.8) is 0 Å². The van der Waals surface area contributed by atoms with E-state index >= 15 is 0 Å². The first-order chi connectivity index (χ1) is 14.6. The lowest BCUT2D eigenvalue weighted by molar-refractivity contribution is -0.0401. The lowest BCUT2D eigenvalue weighted by Gasteiger charge is -2.33. The first-order valence-electron chi connectivity index (χ1n) is 10.4. The van der Waals surface area contributed by atoms with E-state index in [1.807, 2.05) is 12.3 Å². The maximum Gasteiger partial charge on any atom is 0.147 e. The van der Waals surface area contributed by atoms with Gasteiger partial charge in [0.05, 0.1) is 22.4 Å². The molecular weight excluding hydrogens is 394 g/mol. The van der Waals surface area contributed by atoms with Crippen molar-refractivity contribution in [2.45, 2.75) is 58.8 Å². The molecule has 154 valence electrons. The number of fused-ring (bicyclic) bond motifs is 5. The summed E-state index contributed by atoms with van der Waals surface area (Å²) in [6.45, 7) is 7.80. The number of nitrogens with one attached hydrogen (secondary N) is 1. The van der Waals surface area contributed by atoms with E-state index in [9.17, 15) is 0 Å². The normalized spacial score (nSPS) is 15.4. The van der Waals surface area contributed by atoms with Gasteiger partial charge in [0.25, 0.3) is 0 Å². The van der Waals surface area contributed by atoms with Crippen molar-refractivity contribution >= 4 is 37.6 Å². The lowest BCUT2D eigenvalue weighted by Crippen LogP contribution is -2.32. The molecule has 0 saturated heterocycles. The molecule has 0 fully saturated rings. The van der Waals surface area contributed by atoms with Crippen molar-refractivity contribution in [2.75, 3.05) is 5.32 Å². The quantitative estimate of drug-likeness (QED) is 0.488. The van der Waals surface area contributed by atoms with Crippen LogP contribution in [0.2, 0.25) is 0 Å². The Morgan fingerprint density at radius 1 is 1.23 bits per heavy atom. The minimum atomic E-state index is -0.187. The molecule has 0 saturated carbocycles. The van der Waals surface area contributed by atoms with Gasteiger partial charge in [-0.15, -0.1) is 11.3 Å². The van der Waals surface area contributed by atoms with Crippen LogP contribution in [0.4, 0.5) is 5.82 Å². The summed E-state index contributed by atoms with van der Waals surface area (Å²) in [7, 11) is 0. The molecule has 0 radical (unpaired) electrons. The van der Waals surface area contributed by atoms with E-state index in [1.54, 1.807) is 23.9 Å². The van der Waals surface area contributed by atoms with Crippen LogP contribution in [0, 0.1) is 0 Å². The van der Waals surface area contributed by atoms with Gasteiger partial charge in [-0.05, 0) is 37.5 Å². The predicted octanol–water partition coefficient (Wildman–Crippen LogP) is 5.05. The van der Waals surface area contributed by atoms with Crippen LogP contribution in [-0.2, 0) is 30.7 Å². The Balaban J connectivity index is 1.65. The largest absolute Gasteiger partial charge is 0.370 e. The van der Waals surface area contributed by atoms with Crippen LogP contribution in [0.15, 0.2) is 30.9 Å². The molecule has 0 spiro atoms. The van der Waals surface area contributed by atoms with Crippen molar-refractivity contribution in [2.24, 2.45) is 0 Å². The fourth-order valence-corrected chi connectivity index (χ4v) is 5.28. The van der Waals surface area contributed by atoms with Gasteiger partial charge >= 0.3 is 0 Å². The van der Waals surface area contributed by atoms with Gasteiger partial charge in [0.2, 0.25) is 0 Å². The zero-order valence-corrected chi connectivity index (χ0v) is 18.3. The fourth-order valence-electron chi connectivity index (χ4n) is 4.13. The number of aromatic nitrogens is 4. The number of hydrogen-bond donors (Lipinski definition) is 1. The summed E-state index contributed by atoms with van der Waals surface area (Å²) >= 11 is 1.68. The van der Waals surface area contributed by atoms with Crippen LogP contribution in [0.1, 0.15) is 49.6 Å². The van der Waals surface area contributed by atoms with Crippen LogP contribution in [0.5, 0.6) is 0 Å². The highest BCUT2D eigenvalue weighted by Gasteiger charge is 2.31. The van der Waals surface area contributed by atoms with E-state index < -0.39 is 0 Å². The smallest absolute Gasteiger partial charge is 0.147 e. The van der Waals surface area contributed by atoms with Crippen LogP contribution >= 0.6 is 11.3 Å². The van der Waals surface area contributed by atoms with Gasteiger partial charge in [0, 0.05) is 42.0 Å². The molecule has 0 amide bonds.